The summed E-state index contributed by atoms with van der Waals surface area (Å²) in [6.07, 6.45) is 6.88. The minimum Gasteiger partial charge on any atom is -0.352 e. The first-order chi connectivity index (χ1) is 6.62. The van der Waals surface area contributed by atoms with Crippen LogP contribution >= 0.6 is 0 Å². The van der Waals surface area contributed by atoms with Gasteiger partial charge in [0.05, 0.1) is 5.54 Å². The summed E-state index contributed by atoms with van der Waals surface area (Å²) in [4.78, 5) is 11.7. The fourth-order valence-electron chi connectivity index (χ4n) is 2.29. The first-order valence-corrected chi connectivity index (χ1v) is 5.72. The standard InChI is InChI=1S/C11H20N2O/c1-8(9-4-2-3-5-9)13-10(14)11(12)6-7-11/h8-9H,2-7,12H2,1H3,(H,13,14)/t8-/m1/s1. The van der Waals surface area contributed by atoms with Crippen molar-refractivity contribution in [1.82, 2.24) is 5.32 Å². The van der Waals surface area contributed by atoms with Gasteiger partial charge in [0.15, 0.2) is 0 Å². The molecule has 2 saturated carbocycles. The SMILES string of the molecule is C[C@@H](NC(=O)C1(N)CC1)C1CCCC1. The molecule has 0 saturated heterocycles. The highest BCUT2D eigenvalue weighted by Gasteiger charge is 2.46. The van der Waals surface area contributed by atoms with Gasteiger partial charge >= 0.3 is 0 Å². The average molecular weight is 196 g/mol. The lowest BCUT2D eigenvalue weighted by Crippen LogP contribution is -2.48. The van der Waals surface area contributed by atoms with Gasteiger partial charge < -0.3 is 11.1 Å². The lowest BCUT2D eigenvalue weighted by molar-refractivity contribution is -0.124. The third kappa shape index (κ3) is 1.92. The van der Waals surface area contributed by atoms with Crippen molar-refractivity contribution in [2.24, 2.45) is 11.7 Å². The molecule has 3 N–H and O–H groups in total. The topological polar surface area (TPSA) is 55.1 Å². The summed E-state index contributed by atoms with van der Waals surface area (Å²) in [5.74, 6) is 0.748. The van der Waals surface area contributed by atoms with Crippen LogP contribution in [0.15, 0.2) is 0 Å². The van der Waals surface area contributed by atoms with Gasteiger partial charge in [-0.1, -0.05) is 12.8 Å². The highest BCUT2D eigenvalue weighted by Crippen LogP contribution is 2.33. The molecule has 3 heteroatoms. The van der Waals surface area contributed by atoms with E-state index in [0.717, 1.165) is 12.8 Å². The maximum absolute atomic E-state index is 11.7. The highest BCUT2D eigenvalue weighted by atomic mass is 16.2. The largest absolute Gasteiger partial charge is 0.352 e. The Bertz CT molecular complexity index is 229. The molecule has 2 fully saturated rings. The number of carbonyl (C=O) groups is 1. The Labute approximate surface area is 85.4 Å². The van der Waals surface area contributed by atoms with Crippen molar-refractivity contribution < 1.29 is 4.79 Å². The molecule has 0 radical (unpaired) electrons. The molecule has 0 heterocycles. The molecule has 2 rings (SSSR count). The van der Waals surface area contributed by atoms with Crippen LogP contribution in [-0.2, 0) is 4.79 Å². The van der Waals surface area contributed by atoms with E-state index in [0.29, 0.717) is 12.0 Å². The molecule has 1 amide bonds. The van der Waals surface area contributed by atoms with Gasteiger partial charge in [-0.3, -0.25) is 4.79 Å². The van der Waals surface area contributed by atoms with E-state index in [4.69, 9.17) is 5.73 Å². The Kier molecular flexibility index (Phi) is 2.52. The highest BCUT2D eigenvalue weighted by molar-refractivity contribution is 5.89. The Morgan fingerprint density at radius 3 is 2.50 bits per heavy atom. The number of rotatable bonds is 3. The van der Waals surface area contributed by atoms with E-state index < -0.39 is 5.54 Å². The zero-order valence-electron chi connectivity index (χ0n) is 8.88. The third-order valence-electron chi connectivity index (χ3n) is 3.71. The van der Waals surface area contributed by atoms with E-state index in [1.807, 2.05) is 0 Å². The maximum Gasteiger partial charge on any atom is 0.240 e. The Morgan fingerprint density at radius 1 is 1.43 bits per heavy atom. The van der Waals surface area contributed by atoms with E-state index in [1.165, 1.54) is 25.7 Å². The van der Waals surface area contributed by atoms with Gasteiger partial charge in [-0.25, -0.2) is 0 Å². The van der Waals surface area contributed by atoms with Crippen LogP contribution in [0.4, 0.5) is 0 Å². The van der Waals surface area contributed by atoms with Gasteiger partial charge in [0.25, 0.3) is 0 Å². The van der Waals surface area contributed by atoms with Gasteiger partial charge in [-0.2, -0.15) is 0 Å². The summed E-state index contributed by atoms with van der Waals surface area (Å²) < 4.78 is 0. The minimum absolute atomic E-state index is 0.0666. The molecule has 2 aliphatic carbocycles. The van der Waals surface area contributed by atoms with Crippen molar-refractivity contribution in [3.63, 3.8) is 0 Å². The molecule has 0 aliphatic heterocycles. The summed E-state index contributed by atoms with van der Waals surface area (Å²) in [7, 11) is 0. The van der Waals surface area contributed by atoms with E-state index in [1.54, 1.807) is 0 Å². The molecular weight excluding hydrogens is 176 g/mol. The first kappa shape index (κ1) is 9.97. The summed E-state index contributed by atoms with van der Waals surface area (Å²) in [5.41, 5.74) is 5.32. The normalized spacial score (nSPS) is 27.3. The molecule has 0 aromatic heterocycles. The molecule has 0 aromatic rings. The smallest absolute Gasteiger partial charge is 0.240 e. The van der Waals surface area contributed by atoms with Crippen LogP contribution in [-0.4, -0.2) is 17.5 Å². The number of nitrogens with one attached hydrogen (secondary N) is 1. The fraction of sp³-hybridized carbons (Fsp3) is 0.909. The van der Waals surface area contributed by atoms with E-state index in [2.05, 4.69) is 12.2 Å². The molecule has 0 spiro atoms. The first-order valence-electron chi connectivity index (χ1n) is 5.72. The molecular formula is C11H20N2O. The van der Waals surface area contributed by atoms with Gasteiger partial charge in [0.2, 0.25) is 5.91 Å². The summed E-state index contributed by atoms with van der Waals surface area (Å²) in [6.45, 7) is 2.11. The van der Waals surface area contributed by atoms with Crippen LogP contribution in [0.2, 0.25) is 0 Å². The Balaban J connectivity index is 1.81. The van der Waals surface area contributed by atoms with Gasteiger partial charge in [0, 0.05) is 6.04 Å². The van der Waals surface area contributed by atoms with Crippen LogP contribution in [0, 0.1) is 5.92 Å². The quantitative estimate of drug-likeness (QED) is 0.712. The molecule has 14 heavy (non-hydrogen) atoms. The second-order valence-corrected chi connectivity index (χ2v) is 4.96. The number of hydrogen-bond donors (Lipinski definition) is 2. The van der Waals surface area contributed by atoms with Crippen LogP contribution in [0.25, 0.3) is 0 Å². The second-order valence-electron chi connectivity index (χ2n) is 4.96. The number of hydrogen-bond acceptors (Lipinski definition) is 2. The molecule has 0 aromatic carbocycles. The maximum atomic E-state index is 11.7. The van der Waals surface area contributed by atoms with Crippen LogP contribution in [0.1, 0.15) is 45.4 Å². The van der Waals surface area contributed by atoms with Gasteiger partial charge in [-0.05, 0) is 38.5 Å². The van der Waals surface area contributed by atoms with E-state index in [-0.39, 0.29) is 5.91 Å². The van der Waals surface area contributed by atoms with E-state index >= 15 is 0 Å². The average Bonchev–Trinajstić information content (AvgIpc) is 2.71. The number of nitrogens with two attached hydrogens (primary N) is 1. The van der Waals surface area contributed by atoms with Crippen LogP contribution in [0.3, 0.4) is 0 Å². The van der Waals surface area contributed by atoms with Crippen molar-refractivity contribution in [2.75, 3.05) is 0 Å². The van der Waals surface area contributed by atoms with E-state index in [9.17, 15) is 4.79 Å². The lowest BCUT2D eigenvalue weighted by Gasteiger charge is -2.22. The van der Waals surface area contributed by atoms with Crippen molar-refractivity contribution in [2.45, 2.75) is 57.0 Å². The van der Waals surface area contributed by atoms with Gasteiger partial charge in [0.1, 0.15) is 0 Å². The monoisotopic (exact) mass is 196 g/mol. The molecule has 1 atom stereocenters. The van der Waals surface area contributed by atoms with Crippen molar-refractivity contribution in [3.05, 3.63) is 0 Å². The van der Waals surface area contributed by atoms with Crippen molar-refractivity contribution >= 4 is 5.91 Å². The predicted molar refractivity (Wildman–Crippen MR) is 55.7 cm³/mol. The summed E-state index contributed by atoms with van der Waals surface area (Å²) >= 11 is 0. The zero-order valence-corrected chi connectivity index (χ0v) is 8.88. The molecule has 2 aliphatic rings. The summed E-state index contributed by atoms with van der Waals surface area (Å²) in [5, 5.41) is 3.06. The fourth-order valence-corrected chi connectivity index (χ4v) is 2.29. The Morgan fingerprint density at radius 2 is 2.00 bits per heavy atom. The summed E-state index contributed by atoms with van der Waals surface area (Å²) in [6, 6.07) is 0.311. The molecule has 0 unspecified atom stereocenters. The number of amides is 1. The third-order valence-corrected chi connectivity index (χ3v) is 3.71. The second kappa shape index (κ2) is 3.54. The lowest BCUT2D eigenvalue weighted by atomic mass is 9.99. The van der Waals surface area contributed by atoms with Gasteiger partial charge in [-0.15, -0.1) is 0 Å². The molecule has 3 nitrogen and oxygen atoms in total. The Hall–Kier alpha value is -0.570. The molecule has 80 valence electrons. The van der Waals surface area contributed by atoms with Crippen molar-refractivity contribution in [3.8, 4) is 0 Å². The number of carbonyl (C=O) groups excluding carboxylic acids is 1. The predicted octanol–water partition coefficient (Wildman–Crippen LogP) is 1.17. The molecule has 0 bridgehead atoms. The van der Waals surface area contributed by atoms with Crippen LogP contribution < -0.4 is 11.1 Å². The van der Waals surface area contributed by atoms with Crippen LogP contribution in [0.5, 0.6) is 0 Å². The zero-order chi connectivity index (χ0) is 10.2. The minimum atomic E-state index is -0.507. The van der Waals surface area contributed by atoms with Crippen molar-refractivity contribution in [1.29, 1.82) is 0 Å².